The van der Waals surface area contributed by atoms with E-state index in [1.165, 1.54) is 44.9 Å². The number of unbranched alkanes of at least 4 members (excludes halogenated alkanes) is 7. The number of aliphatic hydroxyl groups is 1. The molecule has 0 fully saturated rings. The Kier molecular flexibility index (Phi) is 11.5. The highest BCUT2D eigenvalue weighted by Gasteiger charge is 2.16. The standard InChI is InChI=1S/C21H34O2/c1-3-5-6-7-8-9-10-14-17-21(20(22)4-2)23-18-19-15-12-11-13-16-19/h4,11-13,15-16,20-22H,2-3,5-10,14,17-18H2,1H3/t20-,21-/m0/s1. The lowest BCUT2D eigenvalue weighted by Crippen LogP contribution is -2.27. The SMILES string of the molecule is C=C[C@H](O)[C@H](CCCCCCCCCC)OCc1ccccc1. The van der Waals surface area contributed by atoms with Crippen LogP contribution in [0.4, 0.5) is 0 Å². The first-order chi connectivity index (χ1) is 11.3. The molecule has 0 unspecified atom stereocenters. The predicted molar refractivity (Wildman–Crippen MR) is 98.4 cm³/mol. The Labute approximate surface area is 142 Å². The van der Waals surface area contributed by atoms with Crippen LogP contribution in [0.5, 0.6) is 0 Å². The predicted octanol–water partition coefficient (Wildman–Crippen LogP) is 5.65. The number of ether oxygens (including phenoxy) is 1. The van der Waals surface area contributed by atoms with Gasteiger partial charge in [0.15, 0.2) is 0 Å². The van der Waals surface area contributed by atoms with Crippen LogP contribution < -0.4 is 0 Å². The van der Waals surface area contributed by atoms with Gasteiger partial charge >= 0.3 is 0 Å². The number of rotatable bonds is 14. The van der Waals surface area contributed by atoms with E-state index in [9.17, 15) is 5.11 Å². The third kappa shape index (κ3) is 9.58. The average Bonchev–Trinajstić information content (AvgIpc) is 2.60. The Morgan fingerprint density at radius 1 is 1.00 bits per heavy atom. The topological polar surface area (TPSA) is 29.5 Å². The van der Waals surface area contributed by atoms with Crippen molar-refractivity contribution in [3.8, 4) is 0 Å². The van der Waals surface area contributed by atoms with Gasteiger partial charge in [0.05, 0.1) is 18.8 Å². The molecule has 0 saturated carbocycles. The van der Waals surface area contributed by atoms with Crippen molar-refractivity contribution >= 4 is 0 Å². The van der Waals surface area contributed by atoms with Crippen molar-refractivity contribution in [2.45, 2.75) is 83.5 Å². The van der Waals surface area contributed by atoms with Gasteiger partial charge in [-0.15, -0.1) is 6.58 Å². The molecule has 0 spiro atoms. The molecule has 1 aromatic carbocycles. The van der Waals surface area contributed by atoms with Crippen LogP contribution in [0.3, 0.4) is 0 Å². The van der Waals surface area contributed by atoms with Gasteiger partial charge in [0, 0.05) is 0 Å². The highest BCUT2D eigenvalue weighted by molar-refractivity contribution is 5.13. The first-order valence-electron chi connectivity index (χ1n) is 9.24. The smallest absolute Gasteiger partial charge is 0.0980 e. The molecule has 1 N–H and O–H groups in total. The van der Waals surface area contributed by atoms with E-state index in [1.807, 2.05) is 30.3 Å². The first kappa shape index (κ1) is 19.9. The molecule has 130 valence electrons. The molecule has 0 aromatic heterocycles. The van der Waals surface area contributed by atoms with E-state index in [-0.39, 0.29) is 6.10 Å². The van der Waals surface area contributed by atoms with Crippen molar-refractivity contribution in [1.82, 2.24) is 0 Å². The maximum absolute atomic E-state index is 10.1. The minimum atomic E-state index is -0.580. The lowest BCUT2D eigenvalue weighted by molar-refractivity contribution is -0.0320. The summed E-state index contributed by atoms with van der Waals surface area (Å²) in [5.41, 5.74) is 1.14. The Morgan fingerprint density at radius 3 is 2.22 bits per heavy atom. The van der Waals surface area contributed by atoms with Crippen LogP contribution in [-0.2, 0) is 11.3 Å². The van der Waals surface area contributed by atoms with Crippen LogP contribution in [0, 0.1) is 0 Å². The summed E-state index contributed by atoms with van der Waals surface area (Å²) >= 11 is 0. The zero-order valence-electron chi connectivity index (χ0n) is 14.8. The number of aliphatic hydroxyl groups excluding tert-OH is 1. The number of hydrogen-bond acceptors (Lipinski definition) is 2. The summed E-state index contributed by atoms with van der Waals surface area (Å²) in [6.45, 7) is 6.49. The van der Waals surface area contributed by atoms with Crippen molar-refractivity contribution < 1.29 is 9.84 Å². The van der Waals surface area contributed by atoms with Crippen LogP contribution in [0.2, 0.25) is 0 Å². The molecule has 0 aliphatic rings. The molecular weight excluding hydrogens is 284 g/mol. The van der Waals surface area contributed by atoms with Gasteiger partial charge in [0.25, 0.3) is 0 Å². The summed E-state index contributed by atoms with van der Waals surface area (Å²) in [5.74, 6) is 0. The molecule has 0 aliphatic carbocycles. The van der Waals surface area contributed by atoms with E-state index in [2.05, 4.69) is 13.5 Å². The summed E-state index contributed by atoms with van der Waals surface area (Å²) in [6.07, 6.45) is 12.1. The van der Waals surface area contributed by atoms with E-state index >= 15 is 0 Å². The zero-order valence-corrected chi connectivity index (χ0v) is 14.8. The molecule has 0 saturated heterocycles. The third-order valence-corrected chi connectivity index (χ3v) is 4.27. The van der Waals surface area contributed by atoms with Gasteiger partial charge in [-0.1, -0.05) is 94.7 Å². The second-order valence-electron chi connectivity index (χ2n) is 6.32. The zero-order chi connectivity index (χ0) is 16.8. The number of hydrogen-bond donors (Lipinski definition) is 1. The summed E-state index contributed by atoms with van der Waals surface area (Å²) < 4.78 is 5.92. The fourth-order valence-corrected chi connectivity index (χ4v) is 2.76. The second kappa shape index (κ2) is 13.3. The van der Waals surface area contributed by atoms with E-state index in [1.54, 1.807) is 6.08 Å². The second-order valence-corrected chi connectivity index (χ2v) is 6.32. The lowest BCUT2D eigenvalue weighted by atomic mass is 10.0. The van der Waals surface area contributed by atoms with Crippen molar-refractivity contribution in [2.24, 2.45) is 0 Å². The molecule has 0 bridgehead atoms. The minimum Gasteiger partial charge on any atom is -0.386 e. The van der Waals surface area contributed by atoms with Gasteiger partial charge in [0.2, 0.25) is 0 Å². The van der Waals surface area contributed by atoms with Crippen LogP contribution in [0.1, 0.15) is 70.3 Å². The molecule has 2 atom stereocenters. The van der Waals surface area contributed by atoms with Gasteiger partial charge in [-0.3, -0.25) is 0 Å². The summed E-state index contributed by atoms with van der Waals surface area (Å²) in [5, 5.41) is 10.1. The van der Waals surface area contributed by atoms with Crippen LogP contribution in [0.25, 0.3) is 0 Å². The first-order valence-corrected chi connectivity index (χ1v) is 9.24. The molecule has 2 heteroatoms. The summed E-state index contributed by atoms with van der Waals surface area (Å²) in [6, 6.07) is 10.1. The Balaban J connectivity index is 2.20. The number of benzene rings is 1. The largest absolute Gasteiger partial charge is 0.386 e. The Morgan fingerprint density at radius 2 is 1.61 bits per heavy atom. The minimum absolute atomic E-state index is 0.146. The third-order valence-electron chi connectivity index (χ3n) is 4.27. The van der Waals surface area contributed by atoms with Crippen molar-refractivity contribution in [1.29, 1.82) is 0 Å². The summed E-state index contributed by atoms with van der Waals surface area (Å²) in [7, 11) is 0. The normalized spacial score (nSPS) is 13.7. The lowest BCUT2D eigenvalue weighted by Gasteiger charge is -2.21. The molecule has 0 aliphatic heterocycles. The fourth-order valence-electron chi connectivity index (χ4n) is 2.76. The maximum Gasteiger partial charge on any atom is 0.0980 e. The van der Waals surface area contributed by atoms with Gasteiger partial charge < -0.3 is 9.84 Å². The Hall–Kier alpha value is -1.12. The van der Waals surface area contributed by atoms with Gasteiger partial charge in [-0.05, 0) is 12.0 Å². The fraction of sp³-hybridized carbons (Fsp3) is 0.619. The van der Waals surface area contributed by atoms with Crippen LogP contribution in [0.15, 0.2) is 43.0 Å². The van der Waals surface area contributed by atoms with E-state index in [0.717, 1.165) is 18.4 Å². The Bertz CT molecular complexity index is 388. The molecule has 2 nitrogen and oxygen atoms in total. The van der Waals surface area contributed by atoms with E-state index in [4.69, 9.17) is 4.74 Å². The van der Waals surface area contributed by atoms with Crippen LogP contribution in [-0.4, -0.2) is 17.3 Å². The molecule has 0 heterocycles. The average molecular weight is 319 g/mol. The highest BCUT2D eigenvalue weighted by Crippen LogP contribution is 2.16. The van der Waals surface area contributed by atoms with Gasteiger partial charge in [-0.2, -0.15) is 0 Å². The van der Waals surface area contributed by atoms with Crippen molar-refractivity contribution in [2.75, 3.05) is 0 Å². The van der Waals surface area contributed by atoms with Crippen molar-refractivity contribution in [3.05, 3.63) is 48.6 Å². The highest BCUT2D eigenvalue weighted by atomic mass is 16.5. The molecule has 1 aromatic rings. The van der Waals surface area contributed by atoms with Gasteiger partial charge in [-0.25, -0.2) is 0 Å². The molecule has 0 amide bonds. The monoisotopic (exact) mass is 318 g/mol. The van der Waals surface area contributed by atoms with Gasteiger partial charge in [0.1, 0.15) is 0 Å². The summed E-state index contributed by atoms with van der Waals surface area (Å²) in [4.78, 5) is 0. The van der Waals surface area contributed by atoms with Crippen molar-refractivity contribution in [3.63, 3.8) is 0 Å². The molecule has 1 rings (SSSR count). The quantitative estimate of drug-likeness (QED) is 0.355. The molecule has 0 radical (unpaired) electrons. The molecular formula is C21H34O2. The van der Waals surface area contributed by atoms with E-state index in [0.29, 0.717) is 6.61 Å². The molecule has 23 heavy (non-hydrogen) atoms. The maximum atomic E-state index is 10.1. The van der Waals surface area contributed by atoms with E-state index < -0.39 is 6.10 Å². The van der Waals surface area contributed by atoms with Crippen LogP contribution >= 0.6 is 0 Å².